The van der Waals surface area contributed by atoms with Gasteiger partial charge in [0.15, 0.2) is 5.96 Å². The van der Waals surface area contributed by atoms with Gasteiger partial charge in [-0.15, -0.1) is 0 Å². The summed E-state index contributed by atoms with van der Waals surface area (Å²) in [6.45, 7) is 9.52. The lowest BCUT2D eigenvalue weighted by Crippen LogP contribution is -2.41. The highest BCUT2D eigenvalue weighted by Gasteiger charge is 2.39. The van der Waals surface area contributed by atoms with E-state index in [0.717, 1.165) is 57.9 Å². The molecule has 0 aromatic rings. The Labute approximate surface area is 171 Å². The van der Waals surface area contributed by atoms with Crippen LogP contribution in [0.4, 0.5) is 0 Å². The molecule has 28 heavy (non-hydrogen) atoms. The van der Waals surface area contributed by atoms with Crippen LogP contribution in [-0.2, 0) is 4.79 Å². The first-order valence-corrected chi connectivity index (χ1v) is 11.7. The number of guanidine groups is 1. The van der Waals surface area contributed by atoms with Gasteiger partial charge in [-0.25, -0.2) is 0 Å². The number of nitrogens with one attached hydrogen (secondary N) is 1. The lowest BCUT2D eigenvalue weighted by atomic mass is 9.73. The quantitative estimate of drug-likeness (QED) is 0.397. The summed E-state index contributed by atoms with van der Waals surface area (Å²) in [7, 11) is 0. The zero-order valence-corrected chi connectivity index (χ0v) is 17.9. The largest absolute Gasteiger partial charge is 0.369 e. The van der Waals surface area contributed by atoms with Crippen LogP contribution in [-0.4, -0.2) is 67.5 Å². The van der Waals surface area contributed by atoms with Crippen molar-refractivity contribution in [2.45, 2.75) is 71.1 Å². The predicted molar refractivity (Wildman–Crippen MR) is 115 cm³/mol. The van der Waals surface area contributed by atoms with Crippen molar-refractivity contribution >= 4 is 11.9 Å². The first-order valence-electron chi connectivity index (χ1n) is 11.7. The number of carbonyl (C=O) groups excluding carboxylic acids is 1. The number of aliphatic imine (C=N–C) groups is 1. The minimum absolute atomic E-state index is 0.0939. The summed E-state index contributed by atoms with van der Waals surface area (Å²) in [6, 6.07) is 0. The number of primary amides is 1. The second-order valence-electron chi connectivity index (χ2n) is 9.19. The van der Waals surface area contributed by atoms with Crippen LogP contribution in [0.2, 0.25) is 0 Å². The van der Waals surface area contributed by atoms with E-state index in [2.05, 4.69) is 22.0 Å². The van der Waals surface area contributed by atoms with Gasteiger partial charge in [0.25, 0.3) is 0 Å². The molecule has 2 heterocycles. The van der Waals surface area contributed by atoms with Gasteiger partial charge in [0.05, 0.1) is 0 Å². The van der Waals surface area contributed by atoms with Crippen molar-refractivity contribution in [3.8, 4) is 0 Å². The monoisotopic (exact) mass is 391 g/mol. The smallest absolute Gasteiger partial charge is 0.220 e. The summed E-state index contributed by atoms with van der Waals surface area (Å²) in [5.74, 6) is 1.10. The van der Waals surface area contributed by atoms with E-state index in [1.807, 2.05) is 0 Å². The number of hydrogen-bond donors (Lipinski definition) is 2. The third-order valence-electron chi connectivity index (χ3n) is 7.12. The molecule has 3 aliphatic rings. The van der Waals surface area contributed by atoms with Crippen LogP contribution < -0.4 is 11.1 Å². The van der Waals surface area contributed by atoms with Crippen molar-refractivity contribution < 1.29 is 4.79 Å². The third-order valence-corrected chi connectivity index (χ3v) is 7.12. The summed E-state index contributed by atoms with van der Waals surface area (Å²) in [6.07, 6.45) is 12.6. The lowest BCUT2D eigenvalue weighted by Gasteiger charge is -2.33. The first kappa shape index (κ1) is 21.4. The summed E-state index contributed by atoms with van der Waals surface area (Å²) < 4.78 is 0. The van der Waals surface area contributed by atoms with Crippen LogP contribution in [0.1, 0.15) is 71.1 Å². The van der Waals surface area contributed by atoms with Gasteiger partial charge in [0.2, 0.25) is 5.91 Å². The molecule has 2 saturated heterocycles. The van der Waals surface area contributed by atoms with E-state index in [9.17, 15) is 4.79 Å². The Bertz CT molecular complexity index is 521. The maximum Gasteiger partial charge on any atom is 0.220 e. The Morgan fingerprint density at radius 1 is 1.11 bits per heavy atom. The van der Waals surface area contributed by atoms with Crippen molar-refractivity contribution in [1.82, 2.24) is 15.1 Å². The predicted octanol–water partition coefficient (Wildman–Crippen LogP) is 2.59. The molecular formula is C22H41N5O. The van der Waals surface area contributed by atoms with Gasteiger partial charge < -0.3 is 20.9 Å². The lowest BCUT2D eigenvalue weighted by molar-refractivity contribution is -0.123. The van der Waals surface area contributed by atoms with E-state index >= 15 is 0 Å². The molecule has 0 aromatic carbocycles. The van der Waals surface area contributed by atoms with Crippen LogP contribution >= 0.6 is 0 Å². The Balaban J connectivity index is 1.37. The number of likely N-dealkylation sites (tertiary alicyclic amines) is 2. The molecule has 3 N–H and O–H groups in total. The SMILES string of the molecule is CCNC(=NCCCCN1CCC(C(N)=O)CC1)N1CCC2(CCCCC2)C1. The molecular weight excluding hydrogens is 350 g/mol. The average Bonchev–Trinajstić information content (AvgIpc) is 3.11. The third kappa shape index (κ3) is 5.85. The van der Waals surface area contributed by atoms with Crippen LogP contribution in [0.3, 0.4) is 0 Å². The minimum atomic E-state index is -0.123. The fraction of sp³-hybridized carbons (Fsp3) is 0.909. The number of piperidine rings is 1. The van der Waals surface area contributed by atoms with Gasteiger partial charge in [-0.05, 0) is 76.9 Å². The summed E-state index contributed by atoms with van der Waals surface area (Å²) in [5, 5.41) is 3.52. The van der Waals surface area contributed by atoms with Gasteiger partial charge in [0, 0.05) is 32.1 Å². The molecule has 0 aromatic heterocycles. The van der Waals surface area contributed by atoms with E-state index in [0.29, 0.717) is 5.41 Å². The normalized spacial score (nSPS) is 24.0. The van der Waals surface area contributed by atoms with Gasteiger partial charge in [-0.3, -0.25) is 9.79 Å². The molecule has 0 atom stereocenters. The van der Waals surface area contributed by atoms with E-state index in [4.69, 9.17) is 10.7 Å². The van der Waals surface area contributed by atoms with Gasteiger partial charge in [0.1, 0.15) is 0 Å². The Hall–Kier alpha value is -1.30. The summed E-state index contributed by atoms with van der Waals surface area (Å²) in [5.41, 5.74) is 6.00. The van der Waals surface area contributed by atoms with Crippen LogP contribution in [0.15, 0.2) is 4.99 Å². The molecule has 6 heteroatoms. The van der Waals surface area contributed by atoms with E-state index in [-0.39, 0.29) is 11.8 Å². The van der Waals surface area contributed by atoms with Gasteiger partial charge in [-0.2, -0.15) is 0 Å². The summed E-state index contributed by atoms with van der Waals surface area (Å²) >= 11 is 0. The highest BCUT2D eigenvalue weighted by atomic mass is 16.1. The molecule has 1 spiro atoms. The van der Waals surface area contributed by atoms with Crippen LogP contribution in [0, 0.1) is 11.3 Å². The zero-order valence-electron chi connectivity index (χ0n) is 17.9. The second kappa shape index (κ2) is 10.5. The number of carbonyl (C=O) groups is 1. The molecule has 1 amide bonds. The molecule has 3 rings (SSSR count). The fourth-order valence-electron chi connectivity index (χ4n) is 5.32. The standard InChI is InChI=1S/C22H41N5O/c1-2-24-21(27-17-12-22(18-27)10-4-3-5-11-22)25-13-6-7-14-26-15-8-19(9-16-26)20(23)28/h19H,2-18H2,1H3,(H2,23,28)(H,24,25). The molecule has 0 radical (unpaired) electrons. The molecule has 0 unspecified atom stereocenters. The van der Waals surface area contributed by atoms with E-state index < -0.39 is 0 Å². The molecule has 3 fully saturated rings. The van der Waals surface area contributed by atoms with Crippen molar-refractivity contribution in [3.63, 3.8) is 0 Å². The second-order valence-corrected chi connectivity index (χ2v) is 9.19. The maximum absolute atomic E-state index is 11.3. The Kier molecular flexibility index (Phi) is 8.00. The highest BCUT2D eigenvalue weighted by Crippen LogP contribution is 2.43. The number of unbranched alkanes of at least 4 members (excludes halogenated alkanes) is 1. The molecule has 6 nitrogen and oxygen atoms in total. The number of hydrogen-bond acceptors (Lipinski definition) is 3. The maximum atomic E-state index is 11.3. The van der Waals surface area contributed by atoms with Crippen molar-refractivity contribution in [1.29, 1.82) is 0 Å². The number of rotatable bonds is 7. The zero-order chi connectivity index (χ0) is 19.8. The number of nitrogens with zero attached hydrogens (tertiary/aromatic N) is 3. The Morgan fingerprint density at radius 3 is 2.54 bits per heavy atom. The number of nitrogens with two attached hydrogens (primary N) is 1. The van der Waals surface area contributed by atoms with E-state index in [1.165, 1.54) is 58.0 Å². The van der Waals surface area contributed by atoms with Crippen molar-refractivity contribution in [3.05, 3.63) is 0 Å². The topological polar surface area (TPSA) is 74.0 Å². The fourth-order valence-corrected chi connectivity index (χ4v) is 5.32. The van der Waals surface area contributed by atoms with Crippen LogP contribution in [0.25, 0.3) is 0 Å². The highest BCUT2D eigenvalue weighted by molar-refractivity contribution is 5.80. The van der Waals surface area contributed by atoms with E-state index in [1.54, 1.807) is 0 Å². The minimum Gasteiger partial charge on any atom is -0.369 e. The molecule has 1 saturated carbocycles. The Morgan fingerprint density at radius 2 is 1.86 bits per heavy atom. The van der Waals surface area contributed by atoms with Crippen molar-refractivity contribution in [2.24, 2.45) is 22.1 Å². The van der Waals surface area contributed by atoms with Crippen molar-refractivity contribution in [2.75, 3.05) is 45.8 Å². The molecule has 0 bridgehead atoms. The number of amides is 1. The average molecular weight is 392 g/mol. The molecule has 160 valence electrons. The van der Waals surface area contributed by atoms with Crippen LogP contribution in [0.5, 0.6) is 0 Å². The van der Waals surface area contributed by atoms with Gasteiger partial charge in [-0.1, -0.05) is 19.3 Å². The van der Waals surface area contributed by atoms with Gasteiger partial charge >= 0.3 is 0 Å². The first-order chi connectivity index (χ1) is 13.6. The molecule has 1 aliphatic carbocycles. The summed E-state index contributed by atoms with van der Waals surface area (Å²) in [4.78, 5) is 21.2. The molecule has 2 aliphatic heterocycles.